The van der Waals surface area contributed by atoms with Gasteiger partial charge in [-0.25, -0.2) is 0 Å². The van der Waals surface area contributed by atoms with Gasteiger partial charge in [-0.15, -0.1) is 0 Å². The number of hydrogen-bond acceptors (Lipinski definition) is 1. The Morgan fingerprint density at radius 3 is 2.83 bits per heavy atom. The molecule has 36 valence electrons. The Kier molecular flexibility index (Phi) is 1.68. The Morgan fingerprint density at radius 2 is 2.67 bits per heavy atom. The Bertz CT molecular complexity index is 80.9. The highest BCUT2D eigenvalue weighted by Gasteiger charge is 1.93. The van der Waals surface area contributed by atoms with E-state index in [1.807, 2.05) is 0 Å². The van der Waals surface area contributed by atoms with Crippen molar-refractivity contribution in [2.75, 3.05) is 6.54 Å². The summed E-state index contributed by atoms with van der Waals surface area (Å²) in [6, 6.07) is 0. The smallest absolute Gasteiger partial charge is 0.0101 e. The molecule has 0 aromatic carbocycles. The summed E-state index contributed by atoms with van der Waals surface area (Å²) in [5, 5.41) is 2.24. The molecule has 0 saturated carbocycles. The first-order chi connectivity index (χ1) is 2.89. The van der Waals surface area contributed by atoms with E-state index in [4.69, 9.17) is 0 Å². The molecule has 0 radical (unpaired) electrons. The van der Waals surface area contributed by atoms with Gasteiger partial charge in [0.2, 0.25) is 0 Å². The summed E-state index contributed by atoms with van der Waals surface area (Å²) in [5.41, 5.74) is 0. The van der Waals surface area contributed by atoms with Gasteiger partial charge in [0, 0.05) is 6.54 Å². The summed E-state index contributed by atoms with van der Waals surface area (Å²) in [6.45, 7) is 1.15. The number of nitrogens with one attached hydrogen (secondary N) is 1. The first kappa shape index (κ1) is 4.81. The largest absolute Gasteiger partial charge is 0.260 e. The molecule has 1 atom stereocenters. The fourth-order valence-corrected chi connectivity index (χ4v) is 2.18. The highest BCUT2D eigenvalue weighted by Crippen LogP contribution is 2.19. The summed E-state index contributed by atoms with van der Waals surface area (Å²) in [4.78, 5) is 0. The Hall–Kier alpha value is 0.660. The van der Waals surface area contributed by atoms with Crippen molar-refractivity contribution in [3.8, 4) is 0 Å². The molecule has 0 bridgehead atoms. The van der Waals surface area contributed by atoms with Crippen LogP contribution in [0.2, 0.25) is 0 Å². The van der Waals surface area contributed by atoms with Crippen molar-refractivity contribution in [2.24, 2.45) is 0 Å². The van der Waals surface area contributed by atoms with Crippen LogP contribution in [0.3, 0.4) is 0 Å². The second-order valence-electron chi connectivity index (χ2n) is 1.13. The van der Waals surface area contributed by atoms with Crippen LogP contribution in [0.1, 0.15) is 6.42 Å². The van der Waals surface area contributed by atoms with E-state index in [9.17, 15) is 0 Å². The van der Waals surface area contributed by atoms with Crippen LogP contribution < -0.4 is 4.72 Å². The van der Waals surface area contributed by atoms with Crippen LogP contribution in [0.15, 0.2) is 0 Å². The lowest BCUT2D eigenvalue weighted by atomic mass is 10.5. The summed E-state index contributed by atoms with van der Waals surface area (Å²) in [5.74, 6) is 0. The van der Waals surface area contributed by atoms with Gasteiger partial charge in [0.05, 0.1) is 0 Å². The molecule has 0 amide bonds. The first-order valence-corrected chi connectivity index (χ1v) is 4.99. The third kappa shape index (κ3) is 1.06. The van der Waals surface area contributed by atoms with Gasteiger partial charge >= 0.3 is 0 Å². The SMILES string of the molecule is BrS1=CCCN1. The molecule has 1 aliphatic heterocycles. The number of halogens is 1. The van der Waals surface area contributed by atoms with Crippen molar-refractivity contribution >= 4 is 29.3 Å². The van der Waals surface area contributed by atoms with Crippen molar-refractivity contribution in [1.82, 2.24) is 4.72 Å². The molecule has 1 nitrogen and oxygen atoms in total. The molecular formula is C3H6BrNS. The van der Waals surface area contributed by atoms with Crippen LogP contribution in [0.25, 0.3) is 0 Å². The van der Waals surface area contributed by atoms with Crippen molar-refractivity contribution in [3.63, 3.8) is 0 Å². The van der Waals surface area contributed by atoms with E-state index in [1.165, 1.54) is 6.42 Å². The molecule has 1 N–H and O–H groups in total. The Morgan fingerprint density at radius 1 is 1.83 bits per heavy atom. The van der Waals surface area contributed by atoms with E-state index in [1.54, 1.807) is 0 Å². The number of hydrogen-bond donors (Lipinski definition) is 1. The van der Waals surface area contributed by atoms with Gasteiger partial charge < -0.3 is 0 Å². The monoisotopic (exact) mass is 167 g/mol. The average Bonchev–Trinajstić information content (AvgIpc) is 1.86. The molecule has 1 unspecified atom stereocenters. The quantitative estimate of drug-likeness (QED) is 0.537. The fraction of sp³-hybridized carbons (Fsp3) is 0.667. The average molecular weight is 168 g/mol. The zero-order valence-corrected chi connectivity index (χ0v) is 5.68. The molecule has 1 rings (SSSR count). The highest BCUT2D eigenvalue weighted by atomic mass is 79.9. The lowest BCUT2D eigenvalue weighted by Crippen LogP contribution is -1.95. The van der Waals surface area contributed by atoms with E-state index in [0.29, 0.717) is 0 Å². The zero-order chi connectivity index (χ0) is 4.41. The van der Waals surface area contributed by atoms with E-state index in [-0.39, 0.29) is 9.10 Å². The normalized spacial score (nSPS) is 33.2. The second kappa shape index (κ2) is 2.09. The minimum atomic E-state index is 0.265. The van der Waals surface area contributed by atoms with Crippen molar-refractivity contribution < 1.29 is 0 Å². The maximum Gasteiger partial charge on any atom is 0.0101 e. The third-order valence-electron chi connectivity index (χ3n) is 0.648. The maximum atomic E-state index is 3.40. The minimum Gasteiger partial charge on any atom is -0.260 e. The predicted molar refractivity (Wildman–Crippen MR) is 35.2 cm³/mol. The highest BCUT2D eigenvalue weighted by molar-refractivity contribution is 9.52. The Labute approximate surface area is 47.4 Å². The molecule has 1 heterocycles. The molecule has 1 aliphatic rings. The van der Waals surface area contributed by atoms with E-state index in [0.717, 1.165) is 6.54 Å². The molecule has 0 aromatic heterocycles. The Balaban J connectivity index is 2.45. The minimum absolute atomic E-state index is 0.265. The molecule has 0 aromatic rings. The molecule has 0 saturated heterocycles. The molecule has 0 aliphatic carbocycles. The van der Waals surface area contributed by atoms with Crippen LogP contribution in [0, 0.1) is 0 Å². The van der Waals surface area contributed by atoms with Gasteiger partial charge in [-0.3, -0.25) is 4.72 Å². The van der Waals surface area contributed by atoms with E-state index >= 15 is 0 Å². The summed E-state index contributed by atoms with van der Waals surface area (Å²) in [6.07, 6.45) is 1.22. The standard InChI is InChI=1S/C3H6BrNS/c4-6-3-1-2-5-6/h3,5H,1-2H2. The number of rotatable bonds is 0. The van der Waals surface area contributed by atoms with Crippen LogP contribution in [0.5, 0.6) is 0 Å². The molecule has 6 heavy (non-hydrogen) atoms. The van der Waals surface area contributed by atoms with Crippen molar-refractivity contribution in [1.29, 1.82) is 0 Å². The van der Waals surface area contributed by atoms with Gasteiger partial charge in [0.25, 0.3) is 0 Å². The van der Waals surface area contributed by atoms with Crippen LogP contribution in [0.4, 0.5) is 0 Å². The maximum absolute atomic E-state index is 3.40. The topological polar surface area (TPSA) is 12.0 Å². The molecular weight excluding hydrogens is 162 g/mol. The van der Waals surface area contributed by atoms with Gasteiger partial charge in [-0.2, -0.15) is 0 Å². The summed E-state index contributed by atoms with van der Waals surface area (Å²) >= 11 is 3.40. The zero-order valence-electron chi connectivity index (χ0n) is 3.28. The summed E-state index contributed by atoms with van der Waals surface area (Å²) < 4.78 is 3.21. The third-order valence-corrected chi connectivity index (χ3v) is 3.14. The van der Waals surface area contributed by atoms with Gasteiger partial charge in [0.15, 0.2) is 0 Å². The van der Waals surface area contributed by atoms with Crippen LogP contribution >= 0.6 is 23.9 Å². The van der Waals surface area contributed by atoms with Gasteiger partial charge in [0.1, 0.15) is 0 Å². The van der Waals surface area contributed by atoms with E-state index < -0.39 is 0 Å². The van der Waals surface area contributed by atoms with Crippen molar-refractivity contribution in [2.45, 2.75) is 6.42 Å². The van der Waals surface area contributed by atoms with E-state index in [2.05, 4.69) is 24.9 Å². The lowest BCUT2D eigenvalue weighted by molar-refractivity contribution is 1.00. The van der Waals surface area contributed by atoms with Gasteiger partial charge in [-0.1, -0.05) is 9.10 Å². The first-order valence-electron chi connectivity index (χ1n) is 1.86. The van der Waals surface area contributed by atoms with Gasteiger partial charge in [-0.05, 0) is 26.6 Å². The summed E-state index contributed by atoms with van der Waals surface area (Å²) in [7, 11) is 0.265. The van der Waals surface area contributed by atoms with Crippen molar-refractivity contribution in [3.05, 3.63) is 0 Å². The fourth-order valence-electron chi connectivity index (χ4n) is 0.378. The van der Waals surface area contributed by atoms with Crippen LogP contribution in [-0.2, 0) is 0 Å². The molecule has 3 heteroatoms. The molecule has 0 spiro atoms. The molecule has 0 fully saturated rings. The lowest BCUT2D eigenvalue weighted by Gasteiger charge is -1.85. The second-order valence-corrected chi connectivity index (χ2v) is 4.42. The van der Waals surface area contributed by atoms with Crippen LogP contribution in [-0.4, -0.2) is 11.9 Å². The predicted octanol–water partition coefficient (Wildman–Crippen LogP) is 1.28.